The number of primary amides is 1. The van der Waals surface area contributed by atoms with Crippen molar-refractivity contribution in [3.8, 4) is 5.75 Å². The molecule has 31 heavy (non-hydrogen) atoms. The van der Waals surface area contributed by atoms with Crippen molar-refractivity contribution in [2.45, 2.75) is 38.1 Å². The van der Waals surface area contributed by atoms with Crippen LogP contribution < -0.4 is 10.5 Å². The minimum atomic E-state index is -4.71. The van der Waals surface area contributed by atoms with E-state index >= 15 is 0 Å². The zero-order valence-corrected chi connectivity index (χ0v) is 16.3. The molecule has 1 aliphatic rings. The third-order valence-electron chi connectivity index (χ3n) is 5.51. The van der Waals surface area contributed by atoms with Crippen molar-refractivity contribution in [2.75, 3.05) is 0 Å². The number of hydrogen-bond donors (Lipinski definition) is 2. The van der Waals surface area contributed by atoms with Crippen molar-refractivity contribution in [2.24, 2.45) is 5.73 Å². The van der Waals surface area contributed by atoms with E-state index in [-0.39, 0.29) is 24.5 Å². The van der Waals surface area contributed by atoms with Crippen LogP contribution in [0.15, 0.2) is 42.5 Å². The molecule has 0 saturated carbocycles. The highest BCUT2D eigenvalue weighted by Crippen LogP contribution is 2.37. The molecule has 0 saturated heterocycles. The summed E-state index contributed by atoms with van der Waals surface area (Å²) in [6.45, 7) is 0.617. The predicted molar refractivity (Wildman–Crippen MR) is 106 cm³/mol. The highest BCUT2D eigenvalue weighted by molar-refractivity contribution is 5.94. The first-order valence-corrected chi connectivity index (χ1v) is 9.61. The second-order valence-corrected chi connectivity index (χ2v) is 7.56. The van der Waals surface area contributed by atoms with Crippen molar-refractivity contribution < 1.29 is 32.6 Å². The molecule has 0 unspecified atom stereocenters. The van der Waals surface area contributed by atoms with E-state index in [1.807, 2.05) is 12.1 Å². The second-order valence-electron chi connectivity index (χ2n) is 7.56. The van der Waals surface area contributed by atoms with Crippen LogP contribution in [0.3, 0.4) is 0 Å². The maximum atomic E-state index is 13.2. The molecule has 0 aliphatic carbocycles. The van der Waals surface area contributed by atoms with E-state index in [1.165, 1.54) is 6.07 Å². The number of halogens is 3. The second kappa shape index (κ2) is 7.64. The van der Waals surface area contributed by atoms with Gasteiger partial charge in [0, 0.05) is 29.1 Å². The number of alkyl halides is 3. The zero-order chi connectivity index (χ0) is 22.3. The number of aryl methyl sites for hydroxylation is 1. The topological polar surface area (TPSA) is 94.6 Å². The third-order valence-corrected chi connectivity index (χ3v) is 5.51. The first-order chi connectivity index (χ1) is 14.6. The van der Waals surface area contributed by atoms with Gasteiger partial charge in [0.15, 0.2) is 0 Å². The van der Waals surface area contributed by atoms with Crippen molar-refractivity contribution in [1.29, 1.82) is 0 Å². The summed E-state index contributed by atoms with van der Waals surface area (Å²) in [7, 11) is 0. The highest BCUT2D eigenvalue weighted by Gasteiger charge is 2.35. The molecule has 0 radical (unpaired) electrons. The zero-order valence-electron chi connectivity index (χ0n) is 16.3. The minimum Gasteiger partial charge on any atom is -0.489 e. The number of nitrogens with zero attached hydrogens (tertiary/aromatic N) is 1. The number of carboxylic acid groups (broad SMARTS) is 1. The van der Waals surface area contributed by atoms with Crippen LogP contribution in [0.5, 0.6) is 5.75 Å². The summed E-state index contributed by atoms with van der Waals surface area (Å²) in [6, 6.07) is 10.6. The molecule has 2 aromatic carbocycles. The summed E-state index contributed by atoms with van der Waals surface area (Å²) in [6.07, 6.45) is -3.86. The van der Waals surface area contributed by atoms with Gasteiger partial charge in [0.25, 0.3) is 0 Å². The number of hydrogen-bond acceptors (Lipinski definition) is 3. The van der Waals surface area contributed by atoms with Gasteiger partial charge in [-0.1, -0.05) is 6.07 Å². The molecule has 162 valence electrons. The van der Waals surface area contributed by atoms with Crippen molar-refractivity contribution in [1.82, 2.24) is 4.57 Å². The van der Waals surface area contributed by atoms with Crippen LogP contribution in [0.25, 0.3) is 10.9 Å². The summed E-state index contributed by atoms with van der Waals surface area (Å²) in [5.74, 6) is -1.56. The standard InChI is InChI=1S/C22H19F3N2O4/c23-22(24,25)17-7-12(1-3-16(17)21(26)30)11-31-15-2-4-18-14(8-15)9-19-13(10-20(28)29)5-6-27(18)19/h1-4,7-9,13H,5-6,10-11H2,(H2,26,30)(H,28,29)/t13-/m1/s1. The molecular weight excluding hydrogens is 413 g/mol. The lowest BCUT2D eigenvalue weighted by molar-refractivity contribution is -0.138. The number of aromatic nitrogens is 1. The van der Waals surface area contributed by atoms with Crippen LogP contribution in [-0.4, -0.2) is 21.6 Å². The number of carbonyl (C=O) groups is 2. The molecule has 1 aliphatic heterocycles. The lowest BCUT2D eigenvalue weighted by atomic mass is 10.0. The number of nitrogens with two attached hydrogens (primary N) is 1. The van der Waals surface area contributed by atoms with Crippen molar-refractivity contribution in [3.05, 3.63) is 64.8 Å². The van der Waals surface area contributed by atoms with Crippen molar-refractivity contribution >= 4 is 22.8 Å². The molecule has 6 nitrogen and oxygen atoms in total. The van der Waals surface area contributed by atoms with E-state index in [2.05, 4.69) is 4.57 Å². The van der Waals surface area contributed by atoms with Crippen LogP contribution >= 0.6 is 0 Å². The lowest BCUT2D eigenvalue weighted by Gasteiger charge is -2.13. The fourth-order valence-corrected chi connectivity index (χ4v) is 4.10. The number of carbonyl (C=O) groups excluding carboxylic acids is 1. The molecule has 0 spiro atoms. The molecule has 0 fully saturated rings. The average Bonchev–Trinajstić information content (AvgIpc) is 3.24. The van der Waals surface area contributed by atoms with Gasteiger partial charge in [0.05, 0.1) is 17.5 Å². The van der Waals surface area contributed by atoms with Gasteiger partial charge in [-0.2, -0.15) is 13.2 Å². The first kappa shape index (κ1) is 20.8. The molecule has 1 amide bonds. The van der Waals surface area contributed by atoms with Gasteiger partial charge in [-0.05, 0) is 48.4 Å². The Morgan fingerprint density at radius 2 is 1.94 bits per heavy atom. The van der Waals surface area contributed by atoms with E-state index in [4.69, 9.17) is 15.6 Å². The Hall–Kier alpha value is -3.49. The summed E-state index contributed by atoms with van der Waals surface area (Å²) < 4.78 is 47.4. The Kier molecular flexibility index (Phi) is 5.12. The summed E-state index contributed by atoms with van der Waals surface area (Å²) in [4.78, 5) is 22.4. The van der Waals surface area contributed by atoms with E-state index in [9.17, 15) is 22.8 Å². The highest BCUT2D eigenvalue weighted by atomic mass is 19.4. The van der Waals surface area contributed by atoms with Crippen molar-refractivity contribution in [3.63, 3.8) is 0 Å². The number of amides is 1. The molecule has 4 rings (SSSR count). The first-order valence-electron chi connectivity index (χ1n) is 9.61. The summed E-state index contributed by atoms with van der Waals surface area (Å²) >= 11 is 0. The molecule has 1 atom stereocenters. The van der Waals surface area contributed by atoms with Crippen LogP contribution in [0, 0.1) is 0 Å². The fourth-order valence-electron chi connectivity index (χ4n) is 4.10. The van der Waals surface area contributed by atoms with E-state index in [1.54, 1.807) is 12.1 Å². The van der Waals surface area contributed by atoms with Crippen LogP contribution in [0.2, 0.25) is 0 Å². The number of ether oxygens (including phenoxy) is 1. The largest absolute Gasteiger partial charge is 0.489 e. The molecule has 3 N–H and O–H groups in total. The normalized spacial score (nSPS) is 15.8. The third kappa shape index (κ3) is 4.08. The Balaban J connectivity index is 1.55. The fraction of sp³-hybridized carbons (Fsp3) is 0.273. The Labute approximate surface area is 175 Å². The molecule has 3 aromatic rings. The van der Waals surface area contributed by atoms with Gasteiger partial charge in [-0.25, -0.2) is 0 Å². The van der Waals surface area contributed by atoms with Gasteiger partial charge >= 0.3 is 12.1 Å². The van der Waals surface area contributed by atoms with Crippen LogP contribution in [0.1, 0.15) is 45.9 Å². The molecule has 9 heteroatoms. The van der Waals surface area contributed by atoms with Gasteiger partial charge in [-0.3, -0.25) is 9.59 Å². The maximum Gasteiger partial charge on any atom is 0.417 e. The summed E-state index contributed by atoms with van der Waals surface area (Å²) in [5, 5.41) is 9.97. The number of benzene rings is 2. The molecule has 0 bridgehead atoms. The van der Waals surface area contributed by atoms with Gasteiger partial charge < -0.3 is 20.1 Å². The predicted octanol–water partition coefficient (Wildman–Crippen LogP) is 4.30. The quantitative estimate of drug-likeness (QED) is 0.607. The van der Waals surface area contributed by atoms with E-state index in [0.717, 1.165) is 41.7 Å². The maximum absolute atomic E-state index is 13.2. The molecular formula is C22H19F3N2O4. The number of carboxylic acids is 1. The molecule has 2 heterocycles. The smallest absolute Gasteiger partial charge is 0.417 e. The van der Waals surface area contributed by atoms with Gasteiger partial charge in [0.2, 0.25) is 5.91 Å². The lowest BCUT2D eigenvalue weighted by Crippen LogP contribution is -2.19. The van der Waals surface area contributed by atoms with E-state index in [0.29, 0.717) is 5.75 Å². The summed E-state index contributed by atoms with van der Waals surface area (Å²) in [5.41, 5.74) is 5.53. The SMILES string of the molecule is NC(=O)c1ccc(COc2ccc3c(c2)cc2n3CC[C@@H]2CC(=O)O)cc1C(F)(F)F. The average molecular weight is 432 g/mol. The van der Waals surface area contributed by atoms with E-state index < -0.39 is 29.2 Å². The Bertz CT molecular complexity index is 1180. The van der Waals surface area contributed by atoms with Crippen LogP contribution in [0.4, 0.5) is 13.2 Å². The Morgan fingerprint density at radius 1 is 1.16 bits per heavy atom. The number of rotatable bonds is 6. The van der Waals surface area contributed by atoms with Gasteiger partial charge in [0.1, 0.15) is 12.4 Å². The Morgan fingerprint density at radius 3 is 2.61 bits per heavy atom. The molecule has 1 aromatic heterocycles. The van der Waals surface area contributed by atoms with Gasteiger partial charge in [-0.15, -0.1) is 0 Å². The van der Waals surface area contributed by atoms with Crippen LogP contribution in [-0.2, 0) is 24.1 Å². The number of fused-ring (bicyclic) bond motifs is 3. The monoisotopic (exact) mass is 432 g/mol. The minimum absolute atomic E-state index is 0.0428. The number of aliphatic carboxylic acids is 1.